The predicted octanol–water partition coefficient (Wildman–Crippen LogP) is 13.7. The zero-order chi connectivity index (χ0) is 36.5. The highest BCUT2D eigenvalue weighted by molar-refractivity contribution is 6.15. The van der Waals surface area contributed by atoms with Crippen LogP contribution < -0.4 is 0 Å². The normalized spacial score (nSPS) is 11.6. The molecule has 0 saturated carbocycles. The van der Waals surface area contributed by atoms with E-state index in [0.717, 1.165) is 55.3 Å². The second-order valence-electron chi connectivity index (χ2n) is 14.1. The Kier molecular flexibility index (Phi) is 6.89. The van der Waals surface area contributed by atoms with E-state index in [1.165, 1.54) is 43.4 Å². The summed E-state index contributed by atoms with van der Waals surface area (Å²) in [5.74, 6) is 0.656. The number of hydrogen-bond acceptors (Lipinski definition) is 2. The molecule has 0 aliphatic heterocycles. The summed E-state index contributed by atoms with van der Waals surface area (Å²) in [6.07, 6.45) is 0. The van der Waals surface area contributed by atoms with Gasteiger partial charge >= 0.3 is 0 Å². The van der Waals surface area contributed by atoms with E-state index in [1.54, 1.807) is 0 Å². The van der Waals surface area contributed by atoms with E-state index in [-0.39, 0.29) is 0 Å². The third kappa shape index (κ3) is 4.99. The summed E-state index contributed by atoms with van der Waals surface area (Å²) in [5, 5.41) is 10.5. The van der Waals surface area contributed by atoms with Crippen LogP contribution in [0.4, 0.5) is 5.69 Å². The summed E-state index contributed by atoms with van der Waals surface area (Å²) in [6.45, 7) is 7.52. The minimum Gasteiger partial charge on any atom is -0.309 e. The number of hydrogen-bond donors (Lipinski definition) is 0. The summed E-state index contributed by atoms with van der Waals surface area (Å²) < 4.78 is 2.41. The Morgan fingerprint density at radius 3 is 1.85 bits per heavy atom. The molecule has 0 amide bonds. The van der Waals surface area contributed by atoms with Crippen LogP contribution in [-0.4, -0.2) is 14.5 Å². The van der Waals surface area contributed by atoms with Crippen molar-refractivity contribution in [2.45, 2.75) is 0 Å². The smallest absolute Gasteiger partial charge is 0.187 e. The van der Waals surface area contributed by atoms with Crippen LogP contribution in [0.3, 0.4) is 0 Å². The Balaban J connectivity index is 1.15. The molecule has 0 N–H and O–H groups in total. The number of benzene rings is 9. The van der Waals surface area contributed by atoms with Gasteiger partial charge in [-0.05, 0) is 92.2 Å². The largest absolute Gasteiger partial charge is 0.309 e. The van der Waals surface area contributed by atoms with Crippen LogP contribution in [0.2, 0.25) is 0 Å². The highest BCUT2D eigenvalue weighted by Crippen LogP contribution is 2.40. The maximum Gasteiger partial charge on any atom is 0.187 e. The Morgan fingerprint density at radius 1 is 0.418 bits per heavy atom. The lowest BCUT2D eigenvalue weighted by molar-refractivity contribution is 1.19. The first-order chi connectivity index (χ1) is 27.2. The minimum atomic E-state index is 0.598. The van der Waals surface area contributed by atoms with Crippen LogP contribution in [-0.2, 0) is 0 Å². The van der Waals surface area contributed by atoms with Crippen molar-refractivity contribution in [1.29, 1.82) is 0 Å². The molecular weight excluding hydrogens is 669 g/mol. The summed E-state index contributed by atoms with van der Waals surface area (Å²) >= 11 is 0. The van der Waals surface area contributed by atoms with E-state index < -0.39 is 0 Å². The van der Waals surface area contributed by atoms with Crippen molar-refractivity contribution in [1.82, 2.24) is 14.5 Å². The van der Waals surface area contributed by atoms with Crippen LogP contribution in [0.25, 0.3) is 109 Å². The average Bonchev–Trinajstić information content (AvgIpc) is 3.57. The van der Waals surface area contributed by atoms with Crippen molar-refractivity contribution in [2.75, 3.05) is 0 Å². The van der Waals surface area contributed by atoms with E-state index >= 15 is 0 Å². The van der Waals surface area contributed by atoms with Crippen LogP contribution >= 0.6 is 0 Å². The number of aromatic nitrogens is 3. The first kappa shape index (κ1) is 31.0. The molecule has 0 spiro atoms. The molecule has 2 aromatic heterocycles. The van der Waals surface area contributed by atoms with Crippen molar-refractivity contribution in [3.8, 4) is 39.5 Å². The molecule has 2 heterocycles. The zero-order valence-electron chi connectivity index (χ0n) is 29.6. The van der Waals surface area contributed by atoms with E-state index in [2.05, 4.69) is 167 Å². The number of fused-ring (bicyclic) bond motifs is 7. The first-order valence-electron chi connectivity index (χ1n) is 18.4. The predicted molar refractivity (Wildman–Crippen MR) is 229 cm³/mol. The van der Waals surface area contributed by atoms with E-state index in [0.29, 0.717) is 11.5 Å². The molecule has 9 aromatic carbocycles. The quantitative estimate of drug-likeness (QED) is 0.172. The van der Waals surface area contributed by atoms with Gasteiger partial charge in [-0.25, -0.2) is 14.8 Å². The number of nitrogens with zero attached hydrogens (tertiary/aromatic N) is 4. The second-order valence-corrected chi connectivity index (χ2v) is 14.1. The second kappa shape index (κ2) is 12.2. The molecule has 0 aliphatic carbocycles. The highest BCUT2D eigenvalue weighted by Gasteiger charge is 2.19. The summed E-state index contributed by atoms with van der Waals surface area (Å²) in [6, 6.07) is 64.1. The lowest BCUT2D eigenvalue weighted by atomic mass is 9.98. The van der Waals surface area contributed by atoms with Crippen molar-refractivity contribution in [2.24, 2.45) is 0 Å². The molecular formula is C51H30N4. The standard InChI is InChI=1S/C51H30N4/c1-52-39-23-20-33(21-24-39)50-44-25-22-38(37-19-18-32-10-2-3-11-34(32)28-37)30-46(44)53-51(54-50)43-26-27-48(41-15-7-6-14-40(41)43)55-47-17-9-8-16-42(47)45-29-35-12-4-5-13-36(35)31-49(45)55/h2-31H. The third-order valence-electron chi connectivity index (χ3n) is 11.0. The lowest BCUT2D eigenvalue weighted by Crippen LogP contribution is -1.99. The molecule has 0 fully saturated rings. The van der Waals surface area contributed by atoms with E-state index in [1.807, 2.05) is 24.3 Å². The van der Waals surface area contributed by atoms with Gasteiger partial charge in [-0.3, -0.25) is 0 Å². The monoisotopic (exact) mass is 698 g/mol. The van der Waals surface area contributed by atoms with E-state index in [4.69, 9.17) is 16.5 Å². The molecule has 4 nitrogen and oxygen atoms in total. The fourth-order valence-corrected chi connectivity index (χ4v) is 8.30. The van der Waals surface area contributed by atoms with Crippen LogP contribution in [0.15, 0.2) is 182 Å². The maximum atomic E-state index is 7.52. The molecule has 0 aliphatic rings. The SMILES string of the molecule is [C-]#[N+]c1ccc(-c2nc(-c3ccc(-n4c5ccccc5c5cc6ccccc6cc54)c4ccccc34)nc3cc(-c4ccc5ccccc5c4)ccc23)cc1. The minimum absolute atomic E-state index is 0.598. The fourth-order valence-electron chi connectivity index (χ4n) is 8.30. The number of rotatable bonds is 4. The van der Waals surface area contributed by atoms with Crippen LogP contribution in [0, 0.1) is 6.57 Å². The highest BCUT2D eigenvalue weighted by atomic mass is 15.0. The van der Waals surface area contributed by atoms with Gasteiger partial charge in [0.25, 0.3) is 0 Å². The van der Waals surface area contributed by atoms with Gasteiger partial charge in [-0.1, -0.05) is 133 Å². The van der Waals surface area contributed by atoms with Gasteiger partial charge in [0.2, 0.25) is 0 Å². The third-order valence-corrected chi connectivity index (χ3v) is 11.0. The molecule has 55 heavy (non-hydrogen) atoms. The molecule has 254 valence electrons. The zero-order valence-corrected chi connectivity index (χ0v) is 29.6. The van der Waals surface area contributed by atoms with Gasteiger partial charge in [0.15, 0.2) is 11.5 Å². The van der Waals surface area contributed by atoms with Crippen LogP contribution in [0.1, 0.15) is 0 Å². The lowest BCUT2D eigenvalue weighted by Gasteiger charge is -2.16. The fraction of sp³-hybridized carbons (Fsp3) is 0. The van der Waals surface area contributed by atoms with Gasteiger partial charge in [0, 0.05) is 27.1 Å². The summed E-state index contributed by atoms with van der Waals surface area (Å²) in [5.41, 5.74) is 9.88. The van der Waals surface area contributed by atoms with Crippen molar-refractivity contribution >= 4 is 70.7 Å². The molecule has 0 unspecified atom stereocenters. The van der Waals surface area contributed by atoms with Gasteiger partial charge in [0.05, 0.1) is 34.5 Å². The molecule has 0 atom stereocenters. The summed E-state index contributed by atoms with van der Waals surface area (Å²) in [7, 11) is 0. The molecule has 0 radical (unpaired) electrons. The van der Waals surface area contributed by atoms with Gasteiger partial charge in [-0.15, -0.1) is 0 Å². The molecule has 11 aromatic rings. The van der Waals surface area contributed by atoms with Crippen molar-refractivity contribution < 1.29 is 0 Å². The van der Waals surface area contributed by atoms with Gasteiger partial charge in [-0.2, -0.15) is 0 Å². The Labute approximate surface area is 317 Å². The van der Waals surface area contributed by atoms with Gasteiger partial charge in [0.1, 0.15) is 0 Å². The van der Waals surface area contributed by atoms with Gasteiger partial charge < -0.3 is 4.57 Å². The van der Waals surface area contributed by atoms with E-state index in [9.17, 15) is 0 Å². The molecule has 11 rings (SSSR count). The summed E-state index contributed by atoms with van der Waals surface area (Å²) in [4.78, 5) is 14.3. The Bertz CT molecular complexity index is 3390. The first-order valence-corrected chi connectivity index (χ1v) is 18.4. The number of para-hydroxylation sites is 1. The molecule has 0 bridgehead atoms. The molecule has 4 heteroatoms. The molecule has 0 saturated heterocycles. The van der Waals surface area contributed by atoms with Crippen LogP contribution in [0.5, 0.6) is 0 Å². The maximum absolute atomic E-state index is 7.52. The topological polar surface area (TPSA) is 35.1 Å². The average molecular weight is 699 g/mol. The van der Waals surface area contributed by atoms with Crippen molar-refractivity contribution in [3.63, 3.8) is 0 Å². The Morgan fingerprint density at radius 2 is 1.05 bits per heavy atom. The Hall–Kier alpha value is -7.61. The van der Waals surface area contributed by atoms with Crippen molar-refractivity contribution in [3.05, 3.63) is 193 Å².